The molecular formula is C17H13N3O3S. The lowest BCUT2D eigenvalue weighted by Crippen LogP contribution is -2.11. The number of carbonyl (C=O) groups is 2. The average Bonchev–Trinajstić information content (AvgIpc) is 3.10. The topological polar surface area (TPSA) is 81.2 Å². The normalized spacial score (nSPS) is 10.2. The molecule has 0 atom stereocenters. The fraction of sp³-hybridized carbons (Fsp3) is 0.0588. The van der Waals surface area contributed by atoms with Crippen LogP contribution >= 0.6 is 11.3 Å². The predicted octanol–water partition coefficient (Wildman–Crippen LogP) is 3.24. The van der Waals surface area contributed by atoms with E-state index < -0.39 is 0 Å². The molecule has 3 aromatic rings. The largest absolute Gasteiger partial charge is 0.465 e. The van der Waals surface area contributed by atoms with Crippen molar-refractivity contribution < 1.29 is 14.3 Å². The Morgan fingerprint density at radius 3 is 2.42 bits per heavy atom. The number of aromatic nitrogens is 2. The van der Waals surface area contributed by atoms with Crippen LogP contribution in [0.1, 0.15) is 20.7 Å². The van der Waals surface area contributed by atoms with Crippen molar-refractivity contribution in [1.82, 2.24) is 9.97 Å². The third kappa shape index (κ3) is 3.47. The van der Waals surface area contributed by atoms with Crippen molar-refractivity contribution in [3.63, 3.8) is 0 Å². The second-order valence-corrected chi connectivity index (χ2v) is 5.65. The van der Waals surface area contributed by atoms with Gasteiger partial charge in [-0.05, 0) is 24.3 Å². The molecule has 7 heteroatoms. The number of carbonyl (C=O) groups excluding carboxylic acids is 2. The summed E-state index contributed by atoms with van der Waals surface area (Å²) in [6.45, 7) is 0. The molecule has 0 aliphatic heterocycles. The number of pyridine rings is 1. The van der Waals surface area contributed by atoms with Crippen LogP contribution in [0.2, 0.25) is 0 Å². The monoisotopic (exact) mass is 339 g/mol. The number of rotatable bonds is 4. The molecule has 0 spiro atoms. The van der Waals surface area contributed by atoms with Crippen molar-refractivity contribution in [2.75, 3.05) is 12.4 Å². The fourth-order valence-electron chi connectivity index (χ4n) is 2.03. The molecule has 2 aromatic heterocycles. The highest BCUT2D eigenvalue weighted by Crippen LogP contribution is 2.25. The Balaban J connectivity index is 1.73. The van der Waals surface area contributed by atoms with E-state index in [2.05, 4.69) is 20.0 Å². The summed E-state index contributed by atoms with van der Waals surface area (Å²) in [5.41, 5.74) is 2.57. The standard InChI is InChI=1S/C17H13N3O3S/c1-23-16(22)13-4-2-11(3-5-13)14-10-24-17(19-14)20-15(21)12-6-8-18-9-7-12/h2-10H,1H3,(H,19,20,21). The van der Waals surface area contributed by atoms with Gasteiger partial charge in [0.15, 0.2) is 5.13 Å². The lowest BCUT2D eigenvalue weighted by molar-refractivity contribution is 0.0600. The molecule has 0 bridgehead atoms. The van der Waals surface area contributed by atoms with Gasteiger partial charge >= 0.3 is 5.97 Å². The number of hydrogen-bond acceptors (Lipinski definition) is 6. The van der Waals surface area contributed by atoms with Crippen molar-refractivity contribution in [3.8, 4) is 11.3 Å². The maximum Gasteiger partial charge on any atom is 0.337 e. The van der Waals surface area contributed by atoms with Crippen LogP contribution < -0.4 is 5.32 Å². The second-order valence-electron chi connectivity index (χ2n) is 4.80. The van der Waals surface area contributed by atoms with Crippen LogP contribution in [0.15, 0.2) is 54.2 Å². The van der Waals surface area contributed by atoms with Gasteiger partial charge in [0.25, 0.3) is 5.91 Å². The summed E-state index contributed by atoms with van der Waals surface area (Å²) >= 11 is 1.33. The van der Waals surface area contributed by atoms with E-state index in [-0.39, 0.29) is 11.9 Å². The number of ether oxygens (including phenoxy) is 1. The van der Waals surface area contributed by atoms with E-state index in [1.807, 2.05) is 5.38 Å². The highest BCUT2D eigenvalue weighted by atomic mass is 32.1. The Bertz CT molecular complexity index is 860. The number of anilines is 1. The predicted molar refractivity (Wildman–Crippen MR) is 91.1 cm³/mol. The number of esters is 1. The van der Waals surface area contributed by atoms with Crippen LogP contribution in [0.25, 0.3) is 11.3 Å². The zero-order chi connectivity index (χ0) is 16.9. The summed E-state index contributed by atoms with van der Waals surface area (Å²) in [6.07, 6.45) is 3.12. The Morgan fingerprint density at radius 1 is 1.04 bits per heavy atom. The van der Waals surface area contributed by atoms with Gasteiger partial charge < -0.3 is 4.74 Å². The molecule has 0 radical (unpaired) electrons. The number of methoxy groups -OCH3 is 1. The van der Waals surface area contributed by atoms with Crippen LogP contribution in [0, 0.1) is 0 Å². The summed E-state index contributed by atoms with van der Waals surface area (Å²) < 4.78 is 4.67. The first-order chi connectivity index (χ1) is 11.7. The molecule has 0 saturated heterocycles. The third-order valence-electron chi connectivity index (χ3n) is 3.27. The van der Waals surface area contributed by atoms with E-state index in [1.165, 1.54) is 18.4 Å². The van der Waals surface area contributed by atoms with Gasteiger partial charge in [0.2, 0.25) is 0 Å². The molecule has 24 heavy (non-hydrogen) atoms. The number of benzene rings is 1. The second kappa shape index (κ2) is 7.01. The van der Waals surface area contributed by atoms with Crippen LogP contribution in [-0.2, 0) is 4.74 Å². The molecule has 6 nitrogen and oxygen atoms in total. The zero-order valence-electron chi connectivity index (χ0n) is 12.7. The lowest BCUT2D eigenvalue weighted by atomic mass is 10.1. The number of amides is 1. The summed E-state index contributed by atoms with van der Waals surface area (Å²) in [7, 11) is 1.34. The maximum absolute atomic E-state index is 12.1. The summed E-state index contributed by atoms with van der Waals surface area (Å²) in [5.74, 6) is -0.621. The minimum Gasteiger partial charge on any atom is -0.465 e. The Kier molecular flexibility index (Phi) is 4.62. The Hall–Kier alpha value is -3.06. The molecule has 3 rings (SSSR count). The van der Waals surface area contributed by atoms with Gasteiger partial charge in [-0.2, -0.15) is 0 Å². The molecule has 0 saturated carbocycles. The van der Waals surface area contributed by atoms with E-state index in [4.69, 9.17) is 0 Å². The summed E-state index contributed by atoms with van der Waals surface area (Å²) in [4.78, 5) is 31.8. The molecule has 120 valence electrons. The molecule has 0 aliphatic carbocycles. The van der Waals surface area contributed by atoms with Gasteiger partial charge in [0.05, 0.1) is 18.4 Å². The van der Waals surface area contributed by atoms with E-state index >= 15 is 0 Å². The van der Waals surface area contributed by atoms with Crippen molar-refractivity contribution in [2.24, 2.45) is 0 Å². The van der Waals surface area contributed by atoms with Crippen molar-refractivity contribution in [2.45, 2.75) is 0 Å². The number of nitrogens with one attached hydrogen (secondary N) is 1. The minimum atomic E-state index is -0.384. The molecule has 2 heterocycles. The molecule has 1 N–H and O–H groups in total. The highest BCUT2D eigenvalue weighted by Gasteiger charge is 2.11. The van der Waals surface area contributed by atoms with Gasteiger partial charge in [-0.25, -0.2) is 9.78 Å². The van der Waals surface area contributed by atoms with E-state index in [0.717, 1.165) is 11.3 Å². The third-order valence-corrected chi connectivity index (χ3v) is 4.03. The van der Waals surface area contributed by atoms with Crippen molar-refractivity contribution in [3.05, 3.63) is 65.3 Å². The number of thiazole rings is 1. The van der Waals surface area contributed by atoms with Crippen molar-refractivity contribution >= 4 is 28.3 Å². The molecular weight excluding hydrogens is 326 g/mol. The molecule has 0 fully saturated rings. The number of nitrogens with zero attached hydrogens (tertiary/aromatic N) is 2. The average molecular weight is 339 g/mol. The first-order valence-electron chi connectivity index (χ1n) is 7.03. The SMILES string of the molecule is COC(=O)c1ccc(-c2csc(NC(=O)c3ccncc3)n2)cc1. The van der Waals surface area contributed by atoms with Gasteiger partial charge in [0.1, 0.15) is 0 Å². The Morgan fingerprint density at radius 2 is 1.75 bits per heavy atom. The lowest BCUT2D eigenvalue weighted by Gasteiger charge is -2.01. The number of hydrogen-bond donors (Lipinski definition) is 1. The summed E-state index contributed by atoms with van der Waals surface area (Å²) in [5, 5.41) is 5.10. The van der Waals surface area contributed by atoms with E-state index in [9.17, 15) is 9.59 Å². The summed E-state index contributed by atoms with van der Waals surface area (Å²) in [6, 6.07) is 10.2. The van der Waals surface area contributed by atoms with Crippen molar-refractivity contribution in [1.29, 1.82) is 0 Å². The van der Waals surface area contributed by atoms with E-state index in [1.54, 1.807) is 48.8 Å². The Labute approximate surface area is 142 Å². The van der Waals surface area contributed by atoms with Gasteiger partial charge in [-0.15, -0.1) is 11.3 Å². The van der Waals surface area contributed by atoms with Gasteiger partial charge in [-0.1, -0.05) is 12.1 Å². The molecule has 1 aromatic carbocycles. The highest BCUT2D eigenvalue weighted by molar-refractivity contribution is 7.14. The van der Waals surface area contributed by atoms with Crippen LogP contribution in [0.3, 0.4) is 0 Å². The maximum atomic E-state index is 12.1. The van der Waals surface area contributed by atoms with Gasteiger partial charge in [0, 0.05) is 28.9 Å². The fourth-order valence-corrected chi connectivity index (χ4v) is 2.75. The minimum absolute atomic E-state index is 0.237. The first kappa shape index (κ1) is 15.8. The molecule has 0 unspecified atom stereocenters. The van der Waals surface area contributed by atoms with Crippen LogP contribution in [-0.4, -0.2) is 29.0 Å². The van der Waals surface area contributed by atoms with E-state index in [0.29, 0.717) is 16.3 Å². The molecule has 1 amide bonds. The van der Waals surface area contributed by atoms with Crippen LogP contribution in [0.4, 0.5) is 5.13 Å². The van der Waals surface area contributed by atoms with Gasteiger partial charge in [-0.3, -0.25) is 15.1 Å². The smallest absolute Gasteiger partial charge is 0.337 e. The van der Waals surface area contributed by atoms with Crippen LogP contribution in [0.5, 0.6) is 0 Å². The first-order valence-corrected chi connectivity index (χ1v) is 7.91. The molecule has 0 aliphatic rings. The quantitative estimate of drug-likeness (QED) is 0.738. The zero-order valence-corrected chi connectivity index (χ0v) is 13.5.